The molecule has 0 saturated carbocycles. The first-order chi connectivity index (χ1) is 36.9. The van der Waals surface area contributed by atoms with E-state index in [1.54, 1.807) is 0 Å². The van der Waals surface area contributed by atoms with Crippen LogP contribution in [0, 0.1) is 11.8 Å². The molecule has 78 heavy (non-hydrogen) atoms. The molecule has 3 heterocycles. The van der Waals surface area contributed by atoms with Crippen LogP contribution in [-0.4, -0.2) is 209 Å². The summed E-state index contributed by atoms with van der Waals surface area (Å²) >= 11 is 0. The second-order valence-corrected chi connectivity index (χ2v) is 21.8. The average Bonchev–Trinajstić information content (AvgIpc) is 4.05. The van der Waals surface area contributed by atoms with Crippen LogP contribution in [0.4, 0.5) is 0 Å². The minimum atomic E-state index is -2.28. The molecule has 0 aliphatic carbocycles. The van der Waals surface area contributed by atoms with E-state index in [9.17, 15) is 74.4 Å². The first-order valence-electron chi connectivity index (χ1n) is 27.6. The summed E-state index contributed by atoms with van der Waals surface area (Å²) < 4.78 is 0. The fourth-order valence-corrected chi connectivity index (χ4v) is 10.5. The average molecular weight is 1100 g/mol. The maximum absolute atomic E-state index is 14.7. The Hall–Kier alpha value is -5.31. The number of nitrogens with zero attached hydrogens (tertiary/aromatic N) is 3. The summed E-state index contributed by atoms with van der Waals surface area (Å²) in [7, 11) is 1.50. The van der Waals surface area contributed by atoms with Gasteiger partial charge in [0.05, 0.1) is 30.5 Å². The first-order valence-corrected chi connectivity index (χ1v) is 27.6. The predicted molar refractivity (Wildman–Crippen MR) is 286 cm³/mol. The number of aromatic hydroxyl groups is 1. The van der Waals surface area contributed by atoms with E-state index in [0.29, 0.717) is 18.3 Å². The van der Waals surface area contributed by atoms with Gasteiger partial charge in [-0.05, 0) is 69.3 Å². The smallest absolute Gasteiger partial charge is 0.248 e. The number of phenolic OH excluding ortho intramolecular Hbond substituents is 1. The largest absolute Gasteiger partial charge is 0.508 e. The summed E-state index contributed by atoms with van der Waals surface area (Å²) in [6.07, 6.45) is -5.22. The van der Waals surface area contributed by atoms with E-state index >= 15 is 0 Å². The number of hydrogen-bond acceptors (Lipinski definition) is 17. The summed E-state index contributed by atoms with van der Waals surface area (Å²) in [5.74, 6) is -6.26. The molecule has 440 valence electrons. The molecule has 3 aliphatic heterocycles. The number of carbonyl (C=O) groups excluding carboxylic acids is 7. The molecular weight excluding hydrogens is 1010 g/mol. The number of nitrogens with one attached hydrogen (secondary N) is 5. The molecule has 3 saturated heterocycles. The number of unbranched alkanes of at least 4 members (excludes halogenated alkanes) is 5. The number of aliphatic hydroxyl groups is 7. The molecule has 2 unspecified atom stereocenters. The lowest BCUT2D eigenvalue weighted by atomic mass is 9.91. The van der Waals surface area contributed by atoms with Gasteiger partial charge in [-0.15, -0.1) is 6.58 Å². The fourth-order valence-electron chi connectivity index (χ4n) is 10.5. The van der Waals surface area contributed by atoms with Crippen LogP contribution >= 0.6 is 0 Å². The normalized spacial score (nSPS) is 28.4. The molecule has 0 spiro atoms. The summed E-state index contributed by atoms with van der Waals surface area (Å²) in [6, 6.07) is -6.14. The molecule has 1 aromatic carbocycles. The second kappa shape index (κ2) is 31.5. The van der Waals surface area contributed by atoms with Gasteiger partial charge in [-0.3, -0.25) is 38.5 Å². The van der Waals surface area contributed by atoms with Crippen LogP contribution < -0.4 is 32.3 Å². The van der Waals surface area contributed by atoms with Crippen molar-refractivity contribution in [3.8, 4) is 5.75 Å². The zero-order valence-corrected chi connectivity index (χ0v) is 45.9. The van der Waals surface area contributed by atoms with Crippen LogP contribution in [0.15, 0.2) is 36.9 Å². The maximum Gasteiger partial charge on any atom is 0.248 e. The van der Waals surface area contributed by atoms with Crippen molar-refractivity contribution in [3.05, 3.63) is 42.5 Å². The summed E-state index contributed by atoms with van der Waals surface area (Å²) in [5, 5.41) is 102. The first kappa shape index (κ1) is 65.2. The Morgan fingerprint density at radius 1 is 0.744 bits per heavy atom. The number of hydrogen-bond donors (Lipinski definition) is 14. The molecule has 7 amide bonds. The summed E-state index contributed by atoms with van der Waals surface area (Å²) in [5.41, 5.74) is 5.71. The van der Waals surface area contributed by atoms with Crippen LogP contribution in [0.3, 0.4) is 0 Å². The van der Waals surface area contributed by atoms with Crippen molar-refractivity contribution in [1.29, 1.82) is 0 Å². The number of benzene rings is 1. The number of phenols is 1. The quantitative estimate of drug-likeness (QED) is 0.0427. The highest BCUT2D eigenvalue weighted by molar-refractivity contribution is 5.98. The van der Waals surface area contributed by atoms with Gasteiger partial charge >= 0.3 is 0 Å². The molecule has 0 bridgehead atoms. The molecule has 1 aromatic rings. The molecule has 24 heteroatoms. The van der Waals surface area contributed by atoms with Crippen molar-refractivity contribution in [2.75, 3.05) is 33.2 Å². The van der Waals surface area contributed by atoms with Gasteiger partial charge in [0, 0.05) is 45.3 Å². The van der Waals surface area contributed by atoms with E-state index in [2.05, 4.69) is 53.9 Å². The third-order valence-corrected chi connectivity index (χ3v) is 15.2. The molecule has 0 radical (unpaired) electrons. The van der Waals surface area contributed by atoms with Crippen LogP contribution in [0.25, 0.3) is 0 Å². The maximum atomic E-state index is 14.7. The minimum Gasteiger partial charge on any atom is -0.508 e. The Morgan fingerprint density at radius 2 is 1.28 bits per heavy atom. The van der Waals surface area contributed by atoms with Crippen molar-refractivity contribution in [3.63, 3.8) is 0 Å². The molecule has 3 aliphatic rings. The van der Waals surface area contributed by atoms with E-state index in [1.165, 1.54) is 55.6 Å². The Balaban J connectivity index is 1.75. The SMILES string of the molecule is C=CCN(C)[C@H]1NC(=O)[C@@H]2C[C@@H](O)CN2C(=O)[C@H]([C@H](O)CCN)NC(=O)[C@H]([C@H](O)[C@@H](O)c2ccc(O)cc2)NC(=O)[C@@H]2C[C@@H](O)CN2C(=O)[C@H]([C@@H](C)O)NC(=O)[C@@H](NC(=O)CCCCCCCCC(C)CC(C)CC)C[C@H]1O. The Kier molecular flexibility index (Phi) is 26.3. The number of rotatable bonds is 23. The van der Waals surface area contributed by atoms with Crippen molar-refractivity contribution in [2.45, 2.75) is 203 Å². The molecule has 15 N–H and O–H groups in total. The summed E-state index contributed by atoms with van der Waals surface area (Å²) in [4.78, 5) is 104. The Morgan fingerprint density at radius 3 is 1.85 bits per heavy atom. The van der Waals surface area contributed by atoms with Crippen molar-refractivity contribution < 1.29 is 74.4 Å². The van der Waals surface area contributed by atoms with E-state index in [-0.39, 0.29) is 43.7 Å². The van der Waals surface area contributed by atoms with Crippen LogP contribution in [0.2, 0.25) is 0 Å². The number of amides is 7. The highest BCUT2D eigenvalue weighted by atomic mass is 16.3. The number of likely N-dealkylation sites (N-methyl/N-ethyl adjacent to an activating group) is 1. The van der Waals surface area contributed by atoms with Gasteiger partial charge in [0.1, 0.15) is 60.4 Å². The van der Waals surface area contributed by atoms with Crippen molar-refractivity contribution in [2.24, 2.45) is 17.6 Å². The van der Waals surface area contributed by atoms with Gasteiger partial charge in [-0.25, -0.2) is 0 Å². The third kappa shape index (κ3) is 18.6. The monoisotopic (exact) mass is 1100 g/mol. The van der Waals surface area contributed by atoms with Crippen molar-refractivity contribution in [1.82, 2.24) is 41.3 Å². The van der Waals surface area contributed by atoms with E-state index in [4.69, 9.17) is 5.73 Å². The van der Waals surface area contributed by atoms with Crippen LogP contribution in [0.5, 0.6) is 5.75 Å². The van der Waals surface area contributed by atoms with E-state index in [1.807, 2.05) is 0 Å². The zero-order valence-electron chi connectivity index (χ0n) is 45.9. The lowest BCUT2D eigenvalue weighted by Gasteiger charge is -2.36. The summed E-state index contributed by atoms with van der Waals surface area (Å²) in [6.45, 7) is 10.4. The highest BCUT2D eigenvalue weighted by Gasteiger charge is 2.48. The number of carbonyl (C=O) groups is 7. The standard InChI is InChI=1S/C54H89N9O15/c1-7-23-61(6)48-41(69)27-37(56-42(70)16-14-12-10-9-11-13-15-31(4)24-30(3)8-2)49(73)57-43(32(5)64)53(77)62-28-35(66)25-38(62)50(74)59-45(47(72)46(71)33-17-19-34(65)20-18-33)52(76)58-44(40(68)21-22-55)54(78)63-29-36(67)26-39(63)51(75)60-48/h7,17-20,30-32,35-41,43-48,64-69,71-72H,1,8-16,21-29,55H2,2-6H3,(H,56,70)(H,57,73)(H,58,76)(H,59,74)(H,60,75)/t30?,31?,32-,35-,36-,37+,38+,39+,40-,41-,43+,44+,45+,46+,47+,48-/m1/s1. The van der Waals surface area contributed by atoms with Gasteiger partial charge in [-0.1, -0.05) is 83.9 Å². The van der Waals surface area contributed by atoms with Crippen molar-refractivity contribution >= 4 is 41.4 Å². The van der Waals surface area contributed by atoms with Gasteiger partial charge in [0.15, 0.2) is 0 Å². The van der Waals surface area contributed by atoms with Gasteiger partial charge in [0.25, 0.3) is 0 Å². The highest BCUT2D eigenvalue weighted by Crippen LogP contribution is 2.27. The third-order valence-electron chi connectivity index (χ3n) is 15.2. The topological polar surface area (TPSA) is 377 Å². The van der Waals surface area contributed by atoms with Crippen LogP contribution in [-0.2, 0) is 33.6 Å². The Bertz CT molecular complexity index is 2140. The van der Waals surface area contributed by atoms with Gasteiger partial charge in [-0.2, -0.15) is 0 Å². The predicted octanol–water partition coefficient (Wildman–Crippen LogP) is -1.74. The second-order valence-electron chi connectivity index (χ2n) is 21.8. The molecular formula is C54H89N9O15. The lowest BCUT2D eigenvalue weighted by Crippen LogP contribution is -2.64. The lowest BCUT2D eigenvalue weighted by molar-refractivity contribution is -0.147. The number of aliphatic hydroxyl groups excluding tert-OH is 7. The van der Waals surface area contributed by atoms with E-state index in [0.717, 1.165) is 54.7 Å². The molecule has 4 rings (SSSR count). The molecule has 24 nitrogen and oxygen atoms in total. The van der Waals surface area contributed by atoms with Gasteiger partial charge in [0.2, 0.25) is 41.4 Å². The van der Waals surface area contributed by atoms with Gasteiger partial charge < -0.3 is 83.0 Å². The Labute approximate surface area is 457 Å². The van der Waals surface area contributed by atoms with E-state index < -0.39 is 152 Å². The molecule has 3 fully saturated rings. The molecule has 16 atom stereocenters. The number of nitrogens with two attached hydrogens (primary N) is 1. The minimum absolute atomic E-state index is 0.0164. The number of fused-ring (bicyclic) bond motifs is 2. The molecule has 0 aromatic heterocycles. The van der Waals surface area contributed by atoms with Crippen LogP contribution in [0.1, 0.15) is 129 Å². The zero-order chi connectivity index (χ0) is 58.0. The fraction of sp³-hybridized carbons (Fsp3) is 0.722.